The molecule has 0 atom stereocenters. The molecule has 2 aromatic heterocycles. The predicted octanol–water partition coefficient (Wildman–Crippen LogP) is 3.62. The molecule has 0 radical (unpaired) electrons. The number of pyridine rings is 2. The number of halogens is 3. The number of aromatic amines is 1. The summed E-state index contributed by atoms with van der Waals surface area (Å²) in [5, 5.41) is 7.88. The van der Waals surface area contributed by atoms with Crippen molar-refractivity contribution in [1.29, 1.82) is 5.41 Å². The number of nitrogen functional groups attached to an aromatic ring is 2. The predicted molar refractivity (Wildman–Crippen MR) is 102 cm³/mol. The van der Waals surface area contributed by atoms with E-state index < -0.39 is 11.4 Å². The van der Waals surface area contributed by atoms with Crippen molar-refractivity contribution in [2.75, 3.05) is 11.5 Å². The first-order valence-corrected chi connectivity index (χ1v) is 8.20. The maximum Gasteiger partial charge on any atom is 0.272 e. The summed E-state index contributed by atoms with van der Waals surface area (Å²) in [5.74, 6) is -0.669. The van der Waals surface area contributed by atoms with E-state index in [4.69, 9.17) is 28.5 Å². The molecule has 0 aliphatic carbocycles. The van der Waals surface area contributed by atoms with Crippen LogP contribution in [0.2, 0.25) is 5.02 Å². The molecule has 0 unspecified atom stereocenters. The van der Waals surface area contributed by atoms with Crippen molar-refractivity contribution in [2.24, 2.45) is 0 Å². The van der Waals surface area contributed by atoms with Crippen LogP contribution in [0.1, 0.15) is 11.1 Å². The van der Waals surface area contributed by atoms with Crippen LogP contribution in [0.25, 0.3) is 22.2 Å². The quantitative estimate of drug-likeness (QED) is 0.285. The van der Waals surface area contributed by atoms with Crippen LogP contribution < -0.4 is 17.0 Å². The Balaban J connectivity index is 2.58. The first-order chi connectivity index (χ1) is 11.8. The number of hydrogen-bond donors (Lipinski definition) is 4. The Bertz CT molecular complexity index is 1110. The van der Waals surface area contributed by atoms with Crippen LogP contribution in [0.3, 0.4) is 0 Å². The van der Waals surface area contributed by atoms with Gasteiger partial charge in [0.2, 0.25) is 0 Å². The van der Waals surface area contributed by atoms with Gasteiger partial charge in [-0.2, -0.15) is 0 Å². The van der Waals surface area contributed by atoms with Crippen LogP contribution in [0.15, 0.2) is 21.5 Å². The summed E-state index contributed by atoms with van der Waals surface area (Å²) in [5.41, 5.74) is 12.7. The average molecular weight is 425 g/mol. The van der Waals surface area contributed by atoms with Gasteiger partial charge >= 0.3 is 0 Å². The Morgan fingerprint density at radius 3 is 2.68 bits per heavy atom. The molecule has 0 aliphatic rings. The molecule has 0 bridgehead atoms. The number of rotatable bonds is 2. The van der Waals surface area contributed by atoms with Gasteiger partial charge < -0.3 is 21.9 Å². The van der Waals surface area contributed by atoms with Crippen molar-refractivity contribution in [3.63, 3.8) is 0 Å². The van der Waals surface area contributed by atoms with E-state index >= 15 is 0 Å². The van der Waals surface area contributed by atoms with Gasteiger partial charge in [-0.1, -0.05) is 17.7 Å². The molecule has 0 amide bonds. The number of fused-ring (bicyclic) bond motifs is 1. The number of nitrogens with zero attached hydrogens (tertiary/aromatic N) is 1. The molecule has 9 heteroatoms. The topological polar surface area (TPSA) is 122 Å². The van der Waals surface area contributed by atoms with E-state index in [0.29, 0.717) is 31.8 Å². The molecule has 6 nitrogen and oxygen atoms in total. The number of hydrogen-bond acceptors (Lipinski definition) is 5. The minimum atomic E-state index is -0.669. The molecular formula is C16H12BrClFN5O. The van der Waals surface area contributed by atoms with Crippen LogP contribution >= 0.6 is 27.5 Å². The largest absolute Gasteiger partial charge is 0.396 e. The standard InChI is InChI=1S/C16H12BrClFN5O/c1-5-10(18)14-13(23-15(5)17)9(12(22)16(25)24-14)6-2-3-8(19)11(21)7(6)4-20/h2-4,20H,21-22H2,1H3,(H,24,25). The van der Waals surface area contributed by atoms with E-state index in [1.54, 1.807) is 6.92 Å². The first-order valence-electron chi connectivity index (χ1n) is 7.03. The van der Waals surface area contributed by atoms with Crippen molar-refractivity contribution in [3.05, 3.63) is 49.1 Å². The van der Waals surface area contributed by atoms with Crippen LogP contribution in [0.5, 0.6) is 0 Å². The van der Waals surface area contributed by atoms with Gasteiger partial charge in [-0.15, -0.1) is 0 Å². The van der Waals surface area contributed by atoms with Gasteiger partial charge in [0.15, 0.2) is 0 Å². The van der Waals surface area contributed by atoms with Crippen LogP contribution in [0.4, 0.5) is 15.8 Å². The molecule has 6 N–H and O–H groups in total. The molecule has 0 fully saturated rings. The summed E-state index contributed by atoms with van der Waals surface area (Å²) >= 11 is 9.66. The van der Waals surface area contributed by atoms with E-state index in [1.807, 2.05) is 0 Å². The van der Waals surface area contributed by atoms with Crippen molar-refractivity contribution in [3.8, 4) is 11.1 Å². The zero-order valence-electron chi connectivity index (χ0n) is 12.9. The second-order valence-corrected chi connectivity index (χ2v) is 6.50. The van der Waals surface area contributed by atoms with E-state index in [2.05, 4.69) is 25.9 Å². The minimum Gasteiger partial charge on any atom is -0.396 e. The molecule has 128 valence electrons. The Morgan fingerprint density at radius 1 is 1.36 bits per heavy atom. The maximum atomic E-state index is 13.8. The number of benzene rings is 1. The van der Waals surface area contributed by atoms with Gasteiger partial charge in [-0.3, -0.25) is 4.79 Å². The lowest BCUT2D eigenvalue weighted by Gasteiger charge is -2.15. The highest BCUT2D eigenvalue weighted by Crippen LogP contribution is 2.38. The van der Waals surface area contributed by atoms with Gasteiger partial charge in [-0.05, 0) is 34.5 Å². The maximum absolute atomic E-state index is 13.8. The summed E-state index contributed by atoms with van der Waals surface area (Å²) in [4.78, 5) is 19.3. The molecule has 0 spiro atoms. The zero-order chi connectivity index (χ0) is 18.5. The summed E-state index contributed by atoms with van der Waals surface area (Å²) < 4.78 is 14.2. The Morgan fingerprint density at radius 2 is 2.04 bits per heavy atom. The van der Waals surface area contributed by atoms with E-state index in [0.717, 1.165) is 12.3 Å². The third-order valence-corrected chi connectivity index (χ3v) is 5.19. The van der Waals surface area contributed by atoms with E-state index in [9.17, 15) is 9.18 Å². The third-order valence-electron chi connectivity index (χ3n) is 3.94. The van der Waals surface area contributed by atoms with Crippen molar-refractivity contribution in [2.45, 2.75) is 6.92 Å². The molecular weight excluding hydrogens is 413 g/mol. The highest BCUT2D eigenvalue weighted by Gasteiger charge is 2.21. The van der Waals surface area contributed by atoms with Crippen molar-refractivity contribution < 1.29 is 4.39 Å². The number of nitrogens with one attached hydrogen (secondary N) is 2. The second-order valence-electron chi connectivity index (χ2n) is 5.37. The zero-order valence-corrected chi connectivity index (χ0v) is 15.2. The van der Waals surface area contributed by atoms with Gasteiger partial charge in [0.25, 0.3) is 5.56 Å². The molecule has 2 heterocycles. The molecule has 25 heavy (non-hydrogen) atoms. The summed E-state index contributed by atoms with van der Waals surface area (Å²) in [7, 11) is 0. The summed E-state index contributed by atoms with van der Waals surface area (Å²) in [6.45, 7) is 1.74. The normalized spacial score (nSPS) is 11.0. The molecule has 0 aliphatic heterocycles. The van der Waals surface area contributed by atoms with E-state index in [1.165, 1.54) is 6.07 Å². The Kier molecular flexibility index (Phi) is 4.26. The van der Waals surface area contributed by atoms with Crippen molar-refractivity contribution in [1.82, 2.24) is 9.97 Å². The van der Waals surface area contributed by atoms with Gasteiger partial charge in [-0.25, -0.2) is 9.37 Å². The highest BCUT2D eigenvalue weighted by molar-refractivity contribution is 9.10. The third kappa shape index (κ3) is 2.58. The molecule has 3 aromatic rings. The number of anilines is 2. The lowest BCUT2D eigenvalue weighted by Crippen LogP contribution is -2.15. The van der Waals surface area contributed by atoms with E-state index in [-0.39, 0.29) is 22.5 Å². The molecule has 3 rings (SSSR count). The van der Waals surface area contributed by atoms with Gasteiger partial charge in [0.05, 0.1) is 21.7 Å². The monoisotopic (exact) mass is 423 g/mol. The second kappa shape index (κ2) is 6.12. The number of aromatic nitrogens is 2. The fraction of sp³-hybridized carbons (Fsp3) is 0.0625. The lowest BCUT2D eigenvalue weighted by molar-refractivity contribution is 0.632. The van der Waals surface area contributed by atoms with Crippen LogP contribution in [-0.4, -0.2) is 16.2 Å². The highest BCUT2D eigenvalue weighted by atomic mass is 79.9. The smallest absolute Gasteiger partial charge is 0.272 e. The Labute approximate surface area is 154 Å². The van der Waals surface area contributed by atoms with Gasteiger partial charge in [0.1, 0.15) is 16.1 Å². The van der Waals surface area contributed by atoms with Gasteiger partial charge in [0, 0.05) is 22.9 Å². The fourth-order valence-corrected chi connectivity index (χ4v) is 3.31. The average Bonchev–Trinajstić information content (AvgIpc) is 2.58. The number of nitrogens with two attached hydrogens (primary N) is 2. The lowest BCUT2D eigenvalue weighted by atomic mass is 9.96. The number of H-pyrrole nitrogens is 1. The molecule has 0 saturated carbocycles. The minimum absolute atomic E-state index is 0.105. The SMILES string of the molecule is Cc1c(Br)nc2c(-c3ccc(F)c(N)c3C=N)c(N)c(=O)[nH]c2c1Cl. The first kappa shape index (κ1) is 17.4. The molecule has 1 aromatic carbocycles. The van der Waals surface area contributed by atoms with Crippen LogP contribution in [-0.2, 0) is 0 Å². The summed E-state index contributed by atoms with van der Waals surface area (Å²) in [6, 6.07) is 2.55. The molecule has 0 saturated heterocycles. The summed E-state index contributed by atoms with van der Waals surface area (Å²) in [6.07, 6.45) is 0.908. The van der Waals surface area contributed by atoms with Crippen LogP contribution in [0, 0.1) is 18.2 Å². The fourth-order valence-electron chi connectivity index (χ4n) is 2.59. The Hall–Kier alpha value is -2.45. The van der Waals surface area contributed by atoms with Crippen molar-refractivity contribution >= 4 is 56.2 Å².